The highest BCUT2D eigenvalue weighted by Gasteiger charge is 2.07. The molecule has 2 N–H and O–H groups in total. The molecule has 1 heterocycles. The molecule has 0 unspecified atom stereocenters. The summed E-state index contributed by atoms with van der Waals surface area (Å²) < 4.78 is 12.7. The molecule has 0 amide bonds. The van der Waals surface area contributed by atoms with E-state index in [4.69, 9.17) is 5.73 Å². The monoisotopic (exact) mass is 222 g/mol. The molecule has 15 heavy (non-hydrogen) atoms. The highest BCUT2D eigenvalue weighted by molar-refractivity contribution is 7.13. The second kappa shape index (κ2) is 4.51. The molecule has 0 bridgehead atoms. The van der Waals surface area contributed by atoms with E-state index in [0.29, 0.717) is 6.54 Å². The van der Waals surface area contributed by atoms with Crippen molar-refractivity contribution in [2.24, 2.45) is 5.73 Å². The van der Waals surface area contributed by atoms with Crippen molar-refractivity contribution in [1.82, 2.24) is 4.98 Å². The summed E-state index contributed by atoms with van der Waals surface area (Å²) in [6.45, 7) is 0.581. The van der Waals surface area contributed by atoms with Crippen molar-refractivity contribution in [2.45, 2.75) is 6.42 Å². The molecule has 0 aliphatic rings. The summed E-state index contributed by atoms with van der Waals surface area (Å²) in [5.41, 5.74) is 9.29. The second-order valence-electron chi connectivity index (χ2n) is 3.17. The van der Waals surface area contributed by atoms with Crippen LogP contribution in [0.5, 0.6) is 0 Å². The number of nitrogens with zero attached hydrogens (tertiary/aromatic N) is 1. The van der Waals surface area contributed by atoms with Crippen LogP contribution in [0.4, 0.5) is 4.39 Å². The van der Waals surface area contributed by atoms with Gasteiger partial charge in [-0.05, 0) is 24.2 Å². The first-order valence-corrected chi connectivity index (χ1v) is 5.57. The van der Waals surface area contributed by atoms with Crippen molar-refractivity contribution in [3.63, 3.8) is 0 Å². The molecule has 2 nitrogen and oxygen atoms in total. The first-order valence-electron chi connectivity index (χ1n) is 4.69. The van der Waals surface area contributed by atoms with Gasteiger partial charge in [-0.25, -0.2) is 9.37 Å². The van der Waals surface area contributed by atoms with Gasteiger partial charge in [0.05, 0.1) is 16.1 Å². The van der Waals surface area contributed by atoms with Gasteiger partial charge in [-0.15, -0.1) is 11.3 Å². The lowest BCUT2D eigenvalue weighted by molar-refractivity contribution is 0.628. The molecule has 78 valence electrons. The highest BCUT2D eigenvalue weighted by Crippen LogP contribution is 2.27. The van der Waals surface area contributed by atoms with Crippen LogP contribution in [0.25, 0.3) is 10.4 Å². The van der Waals surface area contributed by atoms with Crippen LogP contribution in [0.3, 0.4) is 0 Å². The van der Waals surface area contributed by atoms with Crippen molar-refractivity contribution in [3.8, 4) is 10.4 Å². The van der Waals surface area contributed by atoms with Gasteiger partial charge in [-0.1, -0.05) is 12.1 Å². The van der Waals surface area contributed by atoms with Gasteiger partial charge in [-0.2, -0.15) is 0 Å². The Bertz CT molecular complexity index is 436. The minimum absolute atomic E-state index is 0.219. The molecule has 0 aliphatic heterocycles. The third-order valence-corrected chi connectivity index (χ3v) is 3.05. The van der Waals surface area contributed by atoms with Crippen LogP contribution < -0.4 is 5.73 Å². The molecule has 2 rings (SSSR count). The number of rotatable bonds is 3. The fraction of sp³-hybridized carbons (Fsp3) is 0.182. The van der Waals surface area contributed by atoms with E-state index in [1.54, 1.807) is 29.0 Å². The van der Waals surface area contributed by atoms with Crippen LogP contribution in [0.15, 0.2) is 29.8 Å². The van der Waals surface area contributed by atoms with E-state index in [9.17, 15) is 4.39 Å². The average molecular weight is 222 g/mol. The Morgan fingerprint density at radius 1 is 1.27 bits per heavy atom. The van der Waals surface area contributed by atoms with Crippen molar-refractivity contribution >= 4 is 11.3 Å². The van der Waals surface area contributed by atoms with E-state index in [2.05, 4.69) is 4.98 Å². The fourth-order valence-electron chi connectivity index (χ4n) is 1.42. The van der Waals surface area contributed by atoms with Gasteiger partial charge >= 0.3 is 0 Å². The van der Waals surface area contributed by atoms with Crippen LogP contribution in [0.2, 0.25) is 0 Å². The smallest absolute Gasteiger partial charge is 0.123 e. The normalized spacial score (nSPS) is 10.5. The number of thiazole rings is 1. The Hall–Kier alpha value is -1.26. The summed E-state index contributed by atoms with van der Waals surface area (Å²) in [5, 5.41) is 0. The largest absolute Gasteiger partial charge is 0.330 e. The third-order valence-electron chi connectivity index (χ3n) is 2.13. The lowest BCUT2D eigenvalue weighted by Gasteiger charge is -2.00. The SMILES string of the molecule is NCCc1ncsc1-c1ccc(F)cc1. The van der Waals surface area contributed by atoms with E-state index in [1.807, 2.05) is 0 Å². The molecule has 0 atom stereocenters. The van der Waals surface area contributed by atoms with Gasteiger partial charge in [0.1, 0.15) is 5.82 Å². The second-order valence-corrected chi connectivity index (χ2v) is 4.03. The maximum Gasteiger partial charge on any atom is 0.123 e. The van der Waals surface area contributed by atoms with E-state index < -0.39 is 0 Å². The van der Waals surface area contributed by atoms with Crippen LogP contribution >= 0.6 is 11.3 Å². The maximum absolute atomic E-state index is 12.7. The predicted octanol–water partition coefficient (Wildman–Crippen LogP) is 2.45. The number of hydrogen-bond acceptors (Lipinski definition) is 3. The minimum Gasteiger partial charge on any atom is -0.330 e. The standard InChI is InChI=1S/C11H11FN2S/c12-9-3-1-8(2-4-9)11-10(5-6-13)14-7-15-11/h1-4,7H,5-6,13H2. The lowest BCUT2D eigenvalue weighted by atomic mass is 10.1. The fourth-order valence-corrected chi connectivity index (χ4v) is 2.27. The van der Waals surface area contributed by atoms with Gasteiger partial charge in [-0.3, -0.25) is 0 Å². The Morgan fingerprint density at radius 2 is 2.00 bits per heavy atom. The van der Waals surface area contributed by atoms with E-state index in [-0.39, 0.29) is 5.82 Å². The Labute approximate surface area is 91.6 Å². The van der Waals surface area contributed by atoms with Crippen molar-refractivity contribution in [2.75, 3.05) is 6.54 Å². The number of nitrogens with two attached hydrogens (primary N) is 1. The first-order chi connectivity index (χ1) is 7.31. The molecular formula is C11H11FN2S. The molecule has 0 aliphatic carbocycles. The van der Waals surface area contributed by atoms with Crippen molar-refractivity contribution in [1.29, 1.82) is 0 Å². The molecule has 1 aromatic carbocycles. The van der Waals surface area contributed by atoms with Crippen molar-refractivity contribution in [3.05, 3.63) is 41.3 Å². The summed E-state index contributed by atoms with van der Waals surface area (Å²) in [6, 6.07) is 6.45. The zero-order chi connectivity index (χ0) is 10.7. The predicted molar refractivity (Wildman–Crippen MR) is 60.3 cm³/mol. The third kappa shape index (κ3) is 2.22. The molecule has 2 aromatic rings. The molecule has 4 heteroatoms. The molecule has 0 radical (unpaired) electrons. The number of hydrogen-bond donors (Lipinski definition) is 1. The Kier molecular flexibility index (Phi) is 3.08. The molecule has 0 saturated carbocycles. The van der Waals surface area contributed by atoms with E-state index in [0.717, 1.165) is 22.6 Å². The van der Waals surface area contributed by atoms with Gasteiger partial charge in [0.2, 0.25) is 0 Å². The number of halogens is 1. The molecule has 0 saturated heterocycles. The van der Waals surface area contributed by atoms with E-state index >= 15 is 0 Å². The lowest BCUT2D eigenvalue weighted by Crippen LogP contribution is -2.03. The summed E-state index contributed by atoms with van der Waals surface area (Å²) >= 11 is 1.56. The summed E-state index contributed by atoms with van der Waals surface area (Å²) in [7, 11) is 0. The number of benzene rings is 1. The van der Waals surface area contributed by atoms with Gasteiger partial charge in [0.15, 0.2) is 0 Å². The first kappa shape index (κ1) is 10.3. The zero-order valence-electron chi connectivity index (χ0n) is 8.11. The van der Waals surface area contributed by atoms with Crippen LogP contribution in [-0.4, -0.2) is 11.5 Å². The average Bonchev–Trinajstić information content (AvgIpc) is 2.68. The van der Waals surface area contributed by atoms with E-state index in [1.165, 1.54) is 12.1 Å². The summed E-state index contributed by atoms with van der Waals surface area (Å²) in [6.07, 6.45) is 0.760. The van der Waals surface area contributed by atoms with Crippen LogP contribution in [-0.2, 0) is 6.42 Å². The number of aromatic nitrogens is 1. The molecule has 0 spiro atoms. The maximum atomic E-state index is 12.7. The highest BCUT2D eigenvalue weighted by atomic mass is 32.1. The Morgan fingerprint density at radius 3 is 2.67 bits per heavy atom. The van der Waals surface area contributed by atoms with Crippen LogP contribution in [0.1, 0.15) is 5.69 Å². The minimum atomic E-state index is -0.219. The molecular weight excluding hydrogens is 211 g/mol. The van der Waals surface area contributed by atoms with Crippen LogP contribution in [0, 0.1) is 5.82 Å². The molecule has 0 fully saturated rings. The van der Waals surface area contributed by atoms with Gasteiger partial charge in [0.25, 0.3) is 0 Å². The summed E-state index contributed by atoms with van der Waals surface area (Å²) in [4.78, 5) is 5.33. The van der Waals surface area contributed by atoms with Crippen molar-refractivity contribution < 1.29 is 4.39 Å². The molecule has 1 aromatic heterocycles. The van der Waals surface area contributed by atoms with Gasteiger partial charge < -0.3 is 5.73 Å². The van der Waals surface area contributed by atoms with Gasteiger partial charge in [0, 0.05) is 6.42 Å². The Balaban J connectivity index is 2.36. The zero-order valence-corrected chi connectivity index (χ0v) is 8.93. The summed E-state index contributed by atoms with van der Waals surface area (Å²) in [5.74, 6) is -0.219. The quantitative estimate of drug-likeness (QED) is 0.866. The topological polar surface area (TPSA) is 38.9 Å².